The molecule has 0 radical (unpaired) electrons. The van der Waals surface area contributed by atoms with Gasteiger partial charge in [-0.3, -0.25) is 33.2 Å². The zero-order valence-electron chi connectivity index (χ0n) is 39.0. The van der Waals surface area contributed by atoms with Crippen LogP contribution in [0.4, 0.5) is 0 Å². The number of nitrogens with zero attached hydrogens (tertiary/aromatic N) is 8. The quantitative estimate of drug-likeness (QED) is 0.121. The summed E-state index contributed by atoms with van der Waals surface area (Å²) in [5.74, 6) is 0.199. The van der Waals surface area contributed by atoms with Gasteiger partial charge in [-0.15, -0.1) is 0 Å². The molecule has 0 amide bonds. The molecule has 9 nitrogen and oxygen atoms in total. The summed E-state index contributed by atoms with van der Waals surface area (Å²) in [5, 5.41) is 1.45. The predicted molar refractivity (Wildman–Crippen MR) is 287 cm³/mol. The number of benzene rings is 6. The molecule has 0 saturated carbocycles. The SMILES string of the molecule is Cc1c(C(C(=O)C(c2sc3nc4ccccc4n3c2C)N2CCN(C(c3ccccc3)c3ccc(Cl)cc3)CC2)N2CCN(C(c3ccccc3)c3ccc(Cl)cc3)CC2)sc2nc3ccccc3n12. The molecule has 70 heavy (non-hydrogen) atoms. The van der Waals surface area contributed by atoms with Crippen LogP contribution in [-0.4, -0.2) is 96.5 Å². The van der Waals surface area contributed by atoms with Gasteiger partial charge in [0.25, 0.3) is 0 Å². The van der Waals surface area contributed by atoms with Gasteiger partial charge in [0.1, 0.15) is 12.1 Å². The number of fused-ring (bicyclic) bond motifs is 6. The van der Waals surface area contributed by atoms with E-state index < -0.39 is 12.1 Å². The molecule has 352 valence electrons. The summed E-state index contributed by atoms with van der Waals surface area (Å²) >= 11 is 16.2. The van der Waals surface area contributed by atoms with Crippen molar-refractivity contribution >= 4 is 83.6 Å². The third-order valence-corrected chi connectivity index (χ3v) is 17.5. The van der Waals surface area contributed by atoms with Crippen LogP contribution >= 0.6 is 45.9 Å². The number of aromatic nitrogens is 4. The van der Waals surface area contributed by atoms with E-state index in [4.69, 9.17) is 33.2 Å². The van der Waals surface area contributed by atoms with Gasteiger partial charge in [-0.25, -0.2) is 9.97 Å². The van der Waals surface area contributed by atoms with Crippen LogP contribution in [0.3, 0.4) is 0 Å². The average molecular weight is 1000 g/mol. The van der Waals surface area contributed by atoms with Crippen molar-refractivity contribution in [3.05, 3.63) is 211 Å². The number of carbonyl (C=O) groups excluding carboxylic acids is 1. The van der Waals surface area contributed by atoms with Gasteiger partial charge < -0.3 is 0 Å². The zero-order valence-corrected chi connectivity index (χ0v) is 42.2. The average Bonchev–Trinajstić information content (AvgIpc) is 4.13. The van der Waals surface area contributed by atoms with E-state index in [1.165, 1.54) is 22.3 Å². The number of Topliss-reactive ketones (excluding diaryl/α,β-unsaturated/α-hetero) is 1. The number of imidazole rings is 2. The number of halogens is 2. The Morgan fingerprint density at radius 3 is 1.16 bits per heavy atom. The molecule has 6 aromatic carbocycles. The maximum absolute atomic E-state index is 16.7. The monoisotopic (exact) mass is 998 g/mol. The number of para-hydroxylation sites is 4. The van der Waals surface area contributed by atoms with Crippen molar-refractivity contribution in [3.63, 3.8) is 0 Å². The van der Waals surface area contributed by atoms with Crippen molar-refractivity contribution < 1.29 is 4.79 Å². The van der Waals surface area contributed by atoms with Crippen molar-refractivity contribution in [2.24, 2.45) is 0 Å². The summed E-state index contributed by atoms with van der Waals surface area (Å²) in [5.41, 5.74) is 11.1. The van der Waals surface area contributed by atoms with E-state index in [1.807, 2.05) is 36.4 Å². The second-order valence-electron chi connectivity index (χ2n) is 18.6. The smallest absolute Gasteiger partial charge is 0.195 e. The summed E-state index contributed by atoms with van der Waals surface area (Å²) in [6.45, 7) is 10.3. The minimum absolute atomic E-state index is 0.0457. The molecule has 4 unspecified atom stereocenters. The van der Waals surface area contributed by atoms with Gasteiger partial charge in [-0.05, 0) is 84.6 Å². The lowest BCUT2D eigenvalue weighted by molar-refractivity contribution is -0.132. The Balaban J connectivity index is 0.945. The van der Waals surface area contributed by atoms with E-state index in [9.17, 15) is 0 Å². The zero-order chi connectivity index (χ0) is 47.5. The highest BCUT2D eigenvalue weighted by atomic mass is 35.5. The van der Waals surface area contributed by atoms with Gasteiger partial charge in [-0.2, -0.15) is 0 Å². The summed E-state index contributed by atoms with van der Waals surface area (Å²) in [6, 6.07) is 53.8. The Labute approximate surface area is 425 Å². The van der Waals surface area contributed by atoms with Gasteiger partial charge in [0, 0.05) is 73.8 Å². The molecule has 10 aromatic rings. The van der Waals surface area contributed by atoms with Crippen LogP contribution in [0.2, 0.25) is 10.0 Å². The molecule has 2 fully saturated rings. The van der Waals surface area contributed by atoms with Crippen LogP contribution in [0.25, 0.3) is 32.0 Å². The Morgan fingerprint density at radius 2 is 0.771 bits per heavy atom. The molecule has 13 heteroatoms. The van der Waals surface area contributed by atoms with E-state index in [0.29, 0.717) is 26.2 Å². The number of piperazine rings is 2. The Morgan fingerprint density at radius 1 is 0.443 bits per heavy atom. The van der Waals surface area contributed by atoms with Crippen molar-refractivity contribution in [1.82, 2.24) is 38.4 Å². The Hall–Kier alpha value is -5.73. The highest BCUT2D eigenvalue weighted by Gasteiger charge is 2.44. The molecule has 4 aromatic heterocycles. The molecule has 0 bridgehead atoms. The van der Waals surface area contributed by atoms with Crippen LogP contribution in [0.1, 0.15) is 67.6 Å². The van der Waals surface area contributed by atoms with Crippen LogP contribution < -0.4 is 0 Å². The third-order valence-electron chi connectivity index (χ3n) is 14.6. The van der Waals surface area contributed by atoms with Crippen molar-refractivity contribution in [2.45, 2.75) is 38.0 Å². The molecular weight excluding hydrogens is 948 g/mol. The van der Waals surface area contributed by atoms with Crippen LogP contribution in [0.5, 0.6) is 0 Å². The van der Waals surface area contributed by atoms with Gasteiger partial charge in [-0.1, -0.05) is 155 Å². The standard InChI is InChI=1S/C57H52Cl2N8OS2/c1-37-54(69-56-60-45-17-9-11-19-47(45)66(37)56)51(64-33-29-62(30-34-64)49(39-13-5-3-6-14-39)41-21-25-43(58)26-22-41)53(68)52(55-38(2)67-48-20-12-10-18-46(48)61-57(67)70-55)65-35-31-63(32-36-65)50(40-15-7-4-8-16-40)42-23-27-44(59)28-24-42/h3-28,49-52H,29-36H2,1-2H3. The molecule has 0 N–H and O–H groups in total. The minimum atomic E-state index is -0.516. The number of thiazole rings is 2. The molecular formula is C57H52Cl2N8OS2. The second-order valence-corrected chi connectivity index (χ2v) is 21.5. The van der Waals surface area contributed by atoms with Crippen LogP contribution in [-0.2, 0) is 4.79 Å². The lowest BCUT2D eigenvalue weighted by atomic mass is 9.94. The van der Waals surface area contributed by atoms with E-state index in [1.54, 1.807) is 22.7 Å². The molecule has 12 rings (SSSR count). The normalized spacial score (nSPS) is 17.4. The lowest BCUT2D eigenvalue weighted by Crippen LogP contribution is -2.54. The summed E-state index contributed by atoms with van der Waals surface area (Å²) in [7, 11) is 0. The fraction of sp³-hybridized carbons (Fsp3) is 0.246. The third kappa shape index (κ3) is 8.26. The molecule has 2 aliphatic rings. The second kappa shape index (κ2) is 19.1. The van der Waals surface area contributed by atoms with Crippen LogP contribution in [0.15, 0.2) is 158 Å². The molecule has 0 aliphatic carbocycles. The van der Waals surface area contributed by atoms with Crippen molar-refractivity contribution in [1.29, 1.82) is 0 Å². The fourth-order valence-corrected chi connectivity index (χ4v) is 14.1. The van der Waals surface area contributed by atoms with Gasteiger partial charge in [0.2, 0.25) is 0 Å². The maximum atomic E-state index is 16.7. The van der Waals surface area contributed by atoms with Gasteiger partial charge in [0.05, 0.1) is 43.9 Å². The van der Waals surface area contributed by atoms with E-state index in [-0.39, 0.29) is 17.9 Å². The van der Waals surface area contributed by atoms with Gasteiger partial charge >= 0.3 is 0 Å². The molecule has 4 atom stereocenters. The summed E-state index contributed by atoms with van der Waals surface area (Å²) in [4.78, 5) is 41.0. The van der Waals surface area contributed by atoms with Gasteiger partial charge in [0.15, 0.2) is 15.7 Å². The fourth-order valence-electron chi connectivity index (χ4n) is 11.3. The van der Waals surface area contributed by atoms with E-state index in [0.717, 1.165) is 89.4 Å². The number of ketones is 1. The van der Waals surface area contributed by atoms with Crippen molar-refractivity contribution in [2.75, 3.05) is 52.4 Å². The highest BCUT2D eigenvalue weighted by molar-refractivity contribution is 7.18. The van der Waals surface area contributed by atoms with E-state index >= 15 is 4.79 Å². The first kappa shape index (κ1) is 45.4. The predicted octanol–water partition coefficient (Wildman–Crippen LogP) is 12.5. The molecule has 2 saturated heterocycles. The first-order valence-corrected chi connectivity index (χ1v) is 26.5. The van der Waals surface area contributed by atoms with Crippen LogP contribution in [0, 0.1) is 13.8 Å². The first-order chi connectivity index (χ1) is 34.3. The topological polar surface area (TPSA) is 64.6 Å². The summed E-state index contributed by atoms with van der Waals surface area (Å²) in [6.07, 6.45) is 0. The largest absolute Gasteiger partial charge is 0.295 e. The number of hydrogen-bond acceptors (Lipinski definition) is 9. The Kier molecular flexibility index (Phi) is 12.4. The van der Waals surface area contributed by atoms with E-state index in [2.05, 4.69) is 164 Å². The maximum Gasteiger partial charge on any atom is 0.195 e. The molecule has 0 spiro atoms. The number of hydrogen-bond donors (Lipinski definition) is 0. The Bertz CT molecular complexity index is 3230. The molecule has 2 aliphatic heterocycles. The number of rotatable bonds is 12. The summed E-state index contributed by atoms with van der Waals surface area (Å²) < 4.78 is 4.53. The van der Waals surface area contributed by atoms with Crippen molar-refractivity contribution in [3.8, 4) is 0 Å². The lowest BCUT2D eigenvalue weighted by Gasteiger charge is -2.45. The minimum Gasteiger partial charge on any atom is -0.295 e. The highest BCUT2D eigenvalue weighted by Crippen LogP contribution is 2.44. The first-order valence-electron chi connectivity index (χ1n) is 24.1. The number of aryl methyl sites for hydroxylation is 2. The molecule has 6 heterocycles. The number of carbonyl (C=O) groups is 1.